The summed E-state index contributed by atoms with van der Waals surface area (Å²) in [5.74, 6) is 0.169. The average Bonchev–Trinajstić information content (AvgIpc) is 2.54. The monoisotopic (exact) mass is 186 g/mol. The van der Waals surface area contributed by atoms with E-state index in [0.717, 1.165) is 19.4 Å². The van der Waals surface area contributed by atoms with Crippen LogP contribution in [0, 0.1) is 0 Å². The Morgan fingerprint density at radius 2 is 2.46 bits per heavy atom. The molecule has 1 atom stereocenters. The van der Waals surface area contributed by atoms with E-state index in [1.54, 1.807) is 7.11 Å². The van der Waals surface area contributed by atoms with E-state index in [2.05, 4.69) is 0 Å². The van der Waals surface area contributed by atoms with Gasteiger partial charge in [0, 0.05) is 26.6 Å². The van der Waals surface area contributed by atoms with E-state index in [-0.39, 0.29) is 11.9 Å². The van der Waals surface area contributed by atoms with Crippen molar-refractivity contribution in [2.75, 3.05) is 26.8 Å². The number of nitrogens with zero attached hydrogens (tertiary/aromatic N) is 1. The highest BCUT2D eigenvalue weighted by Crippen LogP contribution is 2.17. The normalized spacial score (nSPS) is 22.3. The van der Waals surface area contributed by atoms with Crippen molar-refractivity contribution in [3.05, 3.63) is 0 Å². The second kappa shape index (κ2) is 5.19. The molecular formula is C9H18N2O2. The zero-order valence-corrected chi connectivity index (χ0v) is 8.16. The molecule has 76 valence electrons. The third kappa shape index (κ3) is 2.67. The third-order valence-electron chi connectivity index (χ3n) is 2.41. The van der Waals surface area contributed by atoms with Gasteiger partial charge in [-0.15, -0.1) is 0 Å². The Morgan fingerprint density at radius 3 is 3.08 bits per heavy atom. The van der Waals surface area contributed by atoms with Crippen LogP contribution in [0.5, 0.6) is 0 Å². The van der Waals surface area contributed by atoms with Crippen LogP contribution in [0.4, 0.5) is 0 Å². The van der Waals surface area contributed by atoms with Crippen LogP contribution in [-0.2, 0) is 9.53 Å². The first-order chi connectivity index (χ1) is 6.29. The lowest BCUT2D eigenvalue weighted by Gasteiger charge is -2.23. The van der Waals surface area contributed by atoms with Gasteiger partial charge in [0.2, 0.25) is 5.91 Å². The van der Waals surface area contributed by atoms with Crippen molar-refractivity contribution in [1.29, 1.82) is 0 Å². The highest BCUT2D eigenvalue weighted by atomic mass is 16.5. The van der Waals surface area contributed by atoms with Gasteiger partial charge >= 0.3 is 0 Å². The number of likely N-dealkylation sites (tertiary alicyclic amines) is 1. The Morgan fingerprint density at radius 1 is 1.69 bits per heavy atom. The molecule has 0 unspecified atom stereocenters. The van der Waals surface area contributed by atoms with E-state index in [9.17, 15) is 4.79 Å². The number of methoxy groups -OCH3 is 1. The maximum Gasteiger partial charge on any atom is 0.224 e. The molecule has 0 bridgehead atoms. The van der Waals surface area contributed by atoms with E-state index in [1.807, 2.05) is 4.90 Å². The van der Waals surface area contributed by atoms with Crippen molar-refractivity contribution in [1.82, 2.24) is 4.90 Å². The van der Waals surface area contributed by atoms with Crippen molar-refractivity contribution < 1.29 is 9.53 Å². The largest absolute Gasteiger partial charge is 0.383 e. The van der Waals surface area contributed by atoms with Gasteiger partial charge < -0.3 is 15.4 Å². The lowest BCUT2D eigenvalue weighted by atomic mass is 10.2. The van der Waals surface area contributed by atoms with Crippen LogP contribution in [0.2, 0.25) is 0 Å². The summed E-state index contributed by atoms with van der Waals surface area (Å²) in [7, 11) is 1.67. The number of ether oxygens (including phenoxy) is 1. The highest BCUT2D eigenvalue weighted by molar-refractivity contribution is 5.77. The first-order valence-electron chi connectivity index (χ1n) is 4.78. The number of hydrogen-bond acceptors (Lipinski definition) is 3. The molecule has 1 heterocycles. The molecule has 13 heavy (non-hydrogen) atoms. The van der Waals surface area contributed by atoms with E-state index in [0.29, 0.717) is 19.6 Å². The van der Waals surface area contributed by atoms with Gasteiger partial charge in [-0.3, -0.25) is 4.79 Å². The van der Waals surface area contributed by atoms with Gasteiger partial charge in [0.25, 0.3) is 0 Å². The van der Waals surface area contributed by atoms with Gasteiger partial charge in [-0.25, -0.2) is 0 Å². The predicted octanol–water partition coefficient (Wildman–Crippen LogP) is -0.0274. The number of carbonyl (C=O) groups excluding carboxylic acids is 1. The number of amides is 1. The van der Waals surface area contributed by atoms with Crippen LogP contribution in [-0.4, -0.2) is 43.7 Å². The summed E-state index contributed by atoms with van der Waals surface area (Å²) in [5, 5.41) is 0. The summed E-state index contributed by atoms with van der Waals surface area (Å²) < 4.78 is 5.06. The molecule has 0 aromatic rings. The molecule has 0 aliphatic carbocycles. The predicted molar refractivity (Wildman–Crippen MR) is 50.3 cm³/mol. The first-order valence-corrected chi connectivity index (χ1v) is 4.78. The van der Waals surface area contributed by atoms with E-state index >= 15 is 0 Å². The number of carbonyl (C=O) groups is 1. The lowest BCUT2D eigenvalue weighted by Crippen LogP contribution is -2.38. The summed E-state index contributed by atoms with van der Waals surface area (Å²) >= 11 is 0. The fourth-order valence-electron chi connectivity index (χ4n) is 1.80. The summed E-state index contributed by atoms with van der Waals surface area (Å²) in [5.41, 5.74) is 5.34. The van der Waals surface area contributed by atoms with Crippen molar-refractivity contribution in [2.45, 2.75) is 25.3 Å². The summed E-state index contributed by atoms with van der Waals surface area (Å²) in [6, 6.07) is 0.282. The molecule has 1 aliphatic heterocycles. The molecular weight excluding hydrogens is 168 g/mol. The molecule has 1 fully saturated rings. The zero-order valence-electron chi connectivity index (χ0n) is 8.16. The summed E-state index contributed by atoms with van der Waals surface area (Å²) in [6.07, 6.45) is 2.61. The summed E-state index contributed by atoms with van der Waals surface area (Å²) in [4.78, 5) is 13.4. The van der Waals surface area contributed by atoms with E-state index in [1.165, 1.54) is 0 Å². The molecule has 0 saturated carbocycles. The van der Waals surface area contributed by atoms with Crippen LogP contribution in [0.15, 0.2) is 0 Å². The standard InChI is InChI=1S/C9H18N2O2/c1-13-7-8-3-2-6-11(8)9(12)4-5-10/h8H,2-7,10H2,1H3/t8-/m1/s1. The van der Waals surface area contributed by atoms with Crippen molar-refractivity contribution >= 4 is 5.91 Å². The SMILES string of the molecule is COC[C@H]1CCCN1C(=O)CCN. The van der Waals surface area contributed by atoms with Gasteiger partial charge in [0.15, 0.2) is 0 Å². The first kappa shape index (κ1) is 10.5. The Labute approximate surface area is 79.0 Å². The zero-order chi connectivity index (χ0) is 9.68. The number of hydrogen-bond donors (Lipinski definition) is 1. The fourth-order valence-corrected chi connectivity index (χ4v) is 1.80. The van der Waals surface area contributed by atoms with Crippen LogP contribution < -0.4 is 5.73 Å². The van der Waals surface area contributed by atoms with E-state index < -0.39 is 0 Å². The third-order valence-corrected chi connectivity index (χ3v) is 2.41. The quantitative estimate of drug-likeness (QED) is 0.671. The van der Waals surface area contributed by atoms with Crippen molar-refractivity contribution in [2.24, 2.45) is 5.73 Å². The maximum atomic E-state index is 11.5. The molecule has 0 radical (unpaired) electrons. The second-order valence-electron chi connectivity index (χ2n) is 3.38. The van der Waals surface area contributed by atoms with Crippen LogP contribution >= 0.6 is 0 Å². The van der Waals surface area contributed by atoms with Gasteiger partial charge in [0.05, 0.1) is 12.6 Å². The van der Waals surface area contributed by atoms with Crippen LogP contribution in [0.1, 0.15) is 19.3 Å². The summed E-state index contributed by atoms with van der Waals surface area (Å²) in [6.45, 7) is 1.96. The minimum atomic E-state index is 0.169. The van der Waals surface area contributed by atoms with Crippen molar-refractivity contribution in [3.63, 3.8) is 0 Å². The molecule has 0 aromatic heterocycles. The molecule has 4 heteroatoms. The molecule has 1 rings (SSSR count). The smallest absolute Gasteiger partial charge is 0.224 e. The average molecular weight is 186 g/mol. The topological polar surface area (TPSA) is 55.6 Å². The van der Waals surface area contributed by atoms with Crippen molar-refractivity contribution in [3.8, 4) is 0 Å². The van der Waals surface area contributed by atoms with Crippen LogP contribution in [0.3, 0.4) is 0 Å². The Balaban J connectivity index is 2.42. The molecule has 1 amide bonds. The molecule has 2 N–H and O–H groups in total. The van der Waals surface area contributed by atoms with Gasteiger partial charge in [0.1, 0.15) is 0 Å². The minimum absolute atomic E-state index is 0.169. The van der Waals surface area contributed by atoms with E-state index in [4.69, 9.17) is 10.5 Å². The highest BCUT2D eigenvalue weighted by Gasteiger charge is 2.27. The Kier molecular flexibility index (Phi) is 4.18. The minimum Gasteiger partial charge on any atom is -0.383 e. The Bertz CT molecular complexity index is 173. The maximum absolute atomic E-state index is 11.5. The lowest BCUT2D eigenvalue weighted by molar-refractivity contribution is -0.132. The van der Waals surface area contributed by atoms with Gasteiger partial charge in [-0.2, -0.15) is 0 Å². The second-order valence-corrected chi connectivity index (χ2v) is 3.38. The molecule has 4 nitrogen and oxygen atoms in total. The fraction of sp³-hybridized carbons (Fsp3) is 0.889. The molecule has 1 aliphatic rings. The molecule has 1 saturated heterocycles. The molecule has 0 aromatic carbocycles. The Hall–Kier alpha value is -0.610. The van der Waals surface area contributed by atoms with Gasteiger partial charge in [-0.05, 0) is 12.8 Å². The molecule has 0 spiro atoms. The number of rotatable bonds is 4. The number of nitrogens with two attached hydrogens (primary N) is 1. The van der Waals surface area contributed by atoms with Crippen LogP contribution in [0.25, 0.3) is 0 Å². The van der Waals surface area contributed by atoms with Gasteiger partial charge in [-0.1, -0.05) is 0 Å².